The third kappa shape index (κ3) is 3.99. The SMILES string of the molecule is Cc1nn(-c2ccc(F)cc2F)c(C)c1CNC(CCO)C(C)C. The number of hydrogen-bond acceptors (Lipinski definition) is 3. The smallest absolute Gasteiger partial charge is 0.151 e. The second kappa shape index (κ2) is 7.85. The Balaban J connectivity index is 2.26. The van der Waals surface area contributed by atoms with Gasteiger partial charge in [0.2, 0.25) is 0 Å². The van der Waals surface area contributed by atoms with Crippen molar-refractivity contribution in [2.45, 2.75) is 46.7 Å². The van der Waals surface area contributed by atoms with Gasteiger partial charge in [0.15, 0.2) is 5.82 Å². The molecule has 0 aliphatic rings. The average Bonchev–Trinajstić information content (AvgIpc) is 2.78. The molecule has 6 heteroatoms. The predicted molar refractivity (Wildman–Crippen MR) is 90.1 cm³/mol. The van der Waals surface area contributed by atoms with E-state index in [0.717, 1.165) is 23.0 Å². The molecule has 132 valence electrons. The zero-order valence-corrected chi connectivity index (χ0v) is 14.6. The molecule has 1 aromatic carbocycles. The first-order chi connectivity index (χ1) is 11.3. The molecule has 0 bridgehead atoms. The summed E-state index contributed by atoms with van der Waals surface area (Å²) in [6.07, 6.45) is 0.677. The fourth-order valence-corrected chi connectivity index (χ4v) is 2.86. The first-order valence-electron chi connectivity index (χ1n) is 8.20. The van der Waals surface area contributed by atoms with Crippen LogP contribution < -0.4 is 5.32 Å². The molecule has 0 aliphatic carbocycles. The van der Waals surface area contributed by atoms with Crippen LogP contribution in [0.1, 0.15) is 37.2 Å². The van der Waals surface area contributed by atoms with Crippen LogP contribution in [0.15, 0.2) is 18.2 Å². The van der Waals surface area contributed by atoms with E-state index >= 15 is 0 Å². The third-order valence-electron chi connectivity index (χ3n) is 4.36. The van der Waals surface area contributed by atoms with E-state index < -0.39 is 11.6 Å². The summed E-state index contributed by atoms with van der Waals surface area (Å²) in [5, 5.41) is 17.0. The first-order valence-corrected chi connectivity index (χ1v) is 8.20. The van der Waals surface area contributed by atoms with E-state index in [1.807, 2.05) is 13.8 Å². The summed E-state index contributed by atoms with van der Waals surface area (Å²) in [7, 11) is 0. The predicted octanol–water partition coefficient (Wildman–Crippen LogP) is 3.26. The van der Waals surface area contributed by atoms with Crippen LogP contribution >= 0.6 is 0 Å². The van der Waals surface area contributed by atoms with Gasteiger partial charge in [-0.15, -0.1) is 0 Å². The van der Waals surface area contributed by atoms with Gasteiger partial charge in [-0.3, -0.25) is 0 Å². The van der Waals surface area contributed by atoms with Crippen LogP contribution in [-0.2, 0) is 6.54 Å². The van der Waals surface area contributed by atoms with Gasteiger partial charge in [0, 0.05) is 36.5 Å². The monoisotopic (exact) mass is 337 g/mol. The fourth-order valence-electron chi connectivity index (χ4n) is 2.86. The second-order valence-electron chi connectivity index (χ2n) is 6.40. The van der Waals surface area contributed by atoms with Gasteiger partial charge in [-0.2, -0.15) is 5.10 Å². The number of aromatic nitrogens is 2. The largest absolute Gasteiger partial charge is 0.396 e. The number of nitrogens with zero attached hydrogens (tertiary/aromatic N) is 2. The Kier molecular flexibility index (Phi) is 6.07. The normalized spacial score (nSPS) is 12.8. The minimum Gasteiger partial charge on any atom is -0.396 e. The van der Waals surface area contributed by atoms with Crippen molar-refractivity contribution in [2.75, 3.05) is 6.61 Å². The van der Waals surface area contributed by atoms with Crippen molar-refractivity contribution in [3.63, 3.8) is 0 Å². The van der Waals surface area contributed by atoms with Crippen LogP contribution in [0.4, 0.5) is 8.78 Å². The molecule has 4 nitrogen and oxygen atoms in total. The maximum atomic E-state index is 14.0. The molecule has 2 N–H and O–H groups in total. The number of benzene rings is 1. The summed E-state index contributed by atoms with van der Waals surface area (Å²) in [5.41, 5.74) is 2.84. The number of aliphatic hydroxyl groups is 1. The highest BCUT2D eigenvalue weighted by atomic mass is 19.1. The Morgan fingerprint density at radius 3 is 2.54 bits per heavy atom. The van der Waals surface area contributed by atoms with E-state index in [4.69, 9.17) is 5.11 Å². The van der Waals surface area contributed by atoms with Crippen LogP contribution in [0, 0.1) is 31.4 Å². The van der Waals surface area contributed by atoms with Crippen LogP contribution in [0.3, 0.4) is 0 Å². The van der Waals surface area contributed by atoms with Gasteiger partial charge in [-0.1, -0.05) is 13.8 Å². The second-order valence-corrected chi connectivity index (χ2v) is 6.40. The molecule has 1 atom stereocenters. The van der Waals surface area contributed by atoms with Crippen LogP contribution in [0.25, 0.3) is 5.69 Å². The van der Waals surface area contributed by atoms with Crippen LogP contribution in [0.5, 0.6) is 0 Å². The highest BCUT2D eigenvalue weighted by Gasteiger charge is 2.18. The van der Waals surface area contributed by atoms with Gasteiger partial charge < -0.3 is 10.4 Å². The summed E-state index contributed by atoms with van der Waals surface area (Å²) < 4.78 is 28.7. The molecular formula is C18H25F2N3O. The molecule has 0 saturated heterocycles. The Hall–Kier alpha value is -1.79. The summed E-state index contributed by atoms with van der Waals surface area (Å²) in [6, 6.07) is 3.67. The van der Waals surface area contributed by atoms with Gasteiger partial charge >= 0.3 is 0 Å². The average molecular weight is 337 g/mol. The molecule has 0 amide bonds. The molecular weight excluding hydrogens is 312 g/mol. The van der Waals surface area contributed by atoms with E-state index in [2.05, 4.69) is 24.3 Å². The summed E-state index contributed by atoms with van der Waals surface area (Å²) in [4.78, 5) is 0. The Morgan fingerprint density at radius 1 is 1.25 bits per heavy atom. The molecule has 0 spiro atoms. The lowest BCUT2D eigenvalue weighted by atomic mass is 10.0. The Labute approximate surface area is 141 Å². The fraction of sp³-hybridized carbons (Fsp3) is 0.500. The molecule has 0 aliphatic heterocycles. The molecule has 1 aromatic heterocycles. The van der Waals surface area contributed by atoms with Crippen molar-refractivity contribution in [1.29, 1.82) is 0 Å². The zero-order chi connectivity index (χ0) is 17.9. The number of aliphatic hydroxyl groups excluding tert-OH is 1. The van der Waals surface area contributed by atoms with Crippen LogP contribution in [0.2, 0.25) is 0 Å². The lowest BCUT2D eigenvalue weighted by Gasteiger charge is -2.21. The molecule has 1 unspecified atom stereocenters. The van der Waals surface area contributed by atoms with Gasteiger partial charge in [-0.25, -0.2) is 13.5 Å². The maximum absolute atomic E-state index is 14.0. The number of rotatable bonds is 7. The zero-order valence-electron chi connectivity index (χ0n) is 14.6. The number of nitrogens with one attached hydrogen (secondary N) is 1. The minimum atomic E-state index is -0.638. The number of hydrogen-bond donors (Lipinski definition) is 2. The standard InChI is InChI=1S/C18H25F2N3O/c1-11(2)17(7-8-24)21-10-15-12(3)22-23(13(15)4)18-6-5-14(19)9-16(18)20/h5-6,9,11,17,21,24H,7-8,10H2,1-4H3. The number of aryl methyl sites for hydroxylation is 1. The van der Waals surface area contributed by atoms with Gasteiger partial charge in [0.25, 0.3) is 0 Å². The quantitative estimate of drug-likeness (QED) is 0.815. The summed E-state index contributed by atoms with van der Waals surface area (Å²) >= 11 is 0. The van der Waals surface area contributed by atoms with Crippen molar-refractivity contribution < 1.29 is 13.9 Å². The third-order valence-corrected chi connectivity index (χ3v) is 4.36. The molecule has 0 saturated carbocycles. The van der Waals surface area contributed by atoms with Crippen molar-refractivity contribution in [1.82, 2.24) is 15.1 Å². The van der Waals surface area contributed by atoms with E-state index in [0.29, 0.717) is 18.9 Å². The van der Waals surface area contributed by atoms with Crippen molar-refractivity contribution in [2.24, 2.45) is 5.92 Å². The number of halogens is 2. The molecule has 24 heavy (non-hydrogen) atoms. The Bertz CT molecular complexity index is 698. The maximum Gasteiger partial charge on any atom is 0.151 e. The topological polar surface area (TPSA) is 50.1 Å². The Morgan fingerprint density at radius 2 is 1.96 bits per heavy atom. The summed E-state index contributed by atoms with van der Waals surface area (Å²) in [6.45, 7) is 8.67. The lowest BCUT2D eigenvalue weighted by molar-refractivity contribution is 0.243. The first kappa shape index (κ1) is 18.5. The highest BCUT2D eigenvalue weighted by Crippen LogP contribution is 2.21. The molecule has 1 heterocycles. The molecule has 0 radical (unpaired) electrons. The lowest BCUT2D eigenvalue weighted by Crippen LogP contribution is -2.34. The van der Waals surface area contributed by atoms with Crippen molar-refractivity contribution >= 4 is 0 Å². The van der Waals surface area contributed by atoms with Crippen molar-refractivity contribution in [3.05, 3.63) is 46.8 Å². The van der Waals surface area contributed by atoms with E-state index in [1.165, 1.54) is 16.8 Å². The van der Waals surface area contributed by atoms with Gasteiger partial charge in [0.1, 0.15) is 11.5 Å². The van der Waals surface area contributed by atoms with E-state index in [9.17, 15) is 8.78 Å². The van der Waals surface area contributed by atoms with Crippen LogP contribution in [-0.4, -0.2) is 27.5 Å². The minimum absolute atomic E-state index is 0.133. The highest BCUT2D eigenvalue weighted by molar-refractivity contribution is 5.38. The van der Waals surface area contributed by atoms with Crippen molar-refractivity contribution in [3.8, 4) is 5.69 Å². The van der Waals surface area contributed by atoms with E-state index in [-0.39, 0.29) is 18.3 Å². The van der Waals surface area contributed by atoms with Gasteiger partial charge in [0.05, 0.1) is 5.69 Å². The molecule has 2 aromatic rings. The van der Waals surface area contributed by atoms with Gasteiger partial charge in [-0.05, 0) is 38.3 Å². The van der Waals surface area contributed by atoms with E-state index in [1.54, 1.807) is 0 Å². The molecule has 0 fully saturated rings. The summed E-state index contributed by atoms with van der Waals surface area (Å²) in [5.74, 6) is -0.855. The molecule has 2 rings (SSSR count).